The molecule has 0 aliphatic carbocycles. The molecule has 2 aromatic carbocycles. The highest BCUT2D eigenvalue weighted by molar-refractivity contribution is 7.89. The molecular formula is C19H20N2O3S2. The van der Waals surface area contributed by atoms with Crippen LogP contribution in [0, 0.1) is 0 Å². The molecule has 4 rings (SSSR count). The third-order valence-electron chi connectivity index (χ3n) is 4.72. The molecule has 0 N–H and O–H groups in total. The minimum atomic E-state index is -3.58. The van der Waals surface area contributed by atoms with Gasteiger partial charge in [0.15, 0.2) is 0 Å². The lowest BCUT2D eigenvalue weighted by Crippen LogP contribution is -2.38. The molecule has 1 fully saturated rings. The summed E-state index contributed by atoms with van der Waals surface area (Å²) in [5, 5.41) is 0.878. The average molecular weight is 389 g/mol. The third-order valence-corrected chi connectivity index (χ3v) is 7.78. The number of sulfonamides is 1. The Balaban J connectivity index is 1.72. The Hall–Kier alpha value is -1.96. The van der Waals surface area contributed by atoms with Crippen LogP contribution < -0.4 is 4.74 Å². The number of hydrogen-bond acceptors (Lipinski definition) is 5. The average Bonchev–Trinajstić information content (AvgIpc) is 3.12. The van der Waals surface area contributed by atoms with Gasteiger partial charge in [0.25, 0.3) is 0 Å². The van der Waals surface area contributed by atoms with E-state index in [-0.39, 0.29) is 6.04 Å². The molecule has 0 bridgehead atoms. The minimum Gasteiger partial charge on any atom is -0.497 e. The molecular weight excluding hydrogens is 368 g/mol. The minimum absolute atomic E-state index is 0.201. The highest BCUT2D eigenvalue weighted by atomic mass is 32.2. The molecule has 1 saturated heterocycles. The normalized spacial score (nSPS) is 18.9. The van der Waals surface area contributed by atoms with E-state index in [0.29, 0.717) is 17.2 Å². The van der Waals surface area contributed by atoms with E-state index in [0.717, 1.165) is 34.5 Å². The van der Waals surface area contributed by atoms with Crippen LogP contribution >= 0.6 is 11.3 Å². The van der Waals surface area contributed by atoms with Crippen molar-refractivity contribution in [3.63, 3.8) is 0 Å². The number of rotatable bonds is 4. The van der Waals surface area contributed by atoms with Crippen LogP contribution in [0.2, 0.25) is 0 Å². The fourth-order valence-electron chi connectivity index (χ4n) is 3.36. The van der Waals surface area contributed by atoms with Gasteiger partial charge in [-0.3, -0.25) is 0 Å². The second-order valence-corrected chi connectivity index (χ2v) is 9.28. The van der Waals surface area contributed by atoms with Crippen LogP contribution in [0.5, 0.6) is 5.75 Å². The maximum Gasteiger partial charge on any atom is 0.243 e. The molecule has 7 heteroatoms. The standard InChI is InChI=1S/C19H20N2O3S2/c1-24-14-9-11-15(12-10-14)26(22,23)21-13-5-4-7-17(21)19-20-16-6-2-3-8-18(16)25-19/h2-3,6,8-12,17H,4-5,7,13H2,1H3/t17-/m0/s1. The summed E-state index contributed by atoms with van der Waals surface area (Å²) >= 11 is 1.59. The first kappa shape index (κ1) is 17.5. The van der Waals surface area contributed by atoms with E-state index in [4.69, 9.17) is 9.72 Å². The fourth-order valence-corrected chi connectivity index (χ4v) is 6.20. The van der Waals surface area contributed by atoms with Gasteiger partial charge in [0.2, 0.25) is 10.0 Å². The first-order valence-electron chi connectivity index (χ1n) is 8.61. The molecule has 0 amide bonds. The Kier molecular flexibility index (Phi) is 4.69. The summed E-state index contributed by atoms with van der Waals surface area (Å²) in [6.45, 7) is 0.523. The molecule has 1 aromatic heterocycles. The molecule has 26 heavy (non-hydrogen) atoms. The van der Waals surface area contributed by atoms with Crippen molar-refractivity contribution in [2.45, 2.75) is 30.2 Å². The Morgan fingerprint density at radius 3 is 2.62 bits per heavy atom. The van der Waals surface area contributed by atoms with Gasteiger partial charge in [0.1, 0.15) is 10.8 Å². The third kappa shape index (κ3) is 3.11. The molecule has 136 valence electrons. The van der Waals surface area contributed by atoms with Crippen molar-refractivity contribution in [2.24, 2.45) is 0 Å². The molecule has 3 aromatic rings. The number of benzene rings is 2. The quantitative estimate of drug-likeness (QED) is 0.671. The summed E-state index contributed by atoms with van der Waals surface area (Å²) in [4.78, 5) is 5.01. The Morgan fingerprint density at radius 2 is 1.88 bits per heavy atom. The van der Waals surface area contributed by atoms with Gasteiger partial charge in [-0.25, -0.2) is 13.4 Å². The van der Waals surface area contributed by atoms with E-state index in [1.165, 1.54) is 0 Å². The number of piperidine rings is 1. The van der Waals surface area contributed by atoms with Gasteiger partial charge in [0.05, 0.1) is 28.3 Å². The highest BCUT2D eigenvalue weighted by Crippen LogP contribution is 2.38. The van der Waals surface area contributed by atoms with E-state index < -0.39 is 10.0 Å². The number of thiazole rings is 1. The van der Waals surface area contributed by atoms with Crippen molar-refractivity contribution in [3.05, 3.63) is 53.5 Å². The van der Waals surface area contributed by atoms with Crippen LogP contribution in [-0.4, -0.2) is 31.4 Å². The van der Waals surface area contributed by atoms with Crippen molar-refractivity contribution in [2.75, 3.05) is 13.7 Å². The molecule has 1 atom stereocenters. The van der Waals surface area contributed by atoms with E-state index in [2.05, 4.69) is 0 Å². The summed E-state index contributed by atoms with van der Waals surface area (Å²) in [5.74, 6) is 0.644. The molecule has 0 radical (unpaired) electrons. The monoisotopic (exact) mass is 388 g/mol. The van der Waals surface area contributed by atoms with E-state index >= 15 is 0 Å². The summed E-state index contributed by atoms with van der Waals surface area (Å²) in [6, 6.07) is 14.3. The van der Waals surface area contributed by atoms with Gasteiger partial charge in [-0.1, -0.05) is 18.6 Å². The molecule has 0 spiro atoms. The number of hydrogen-bond donors (Lipinski definition) is 0. The van der Waals surface area contributed by atoms with Crippen molar-refractivity contribution in [1.29, 1.82) is 0 Å². The molecule has 2 heterocycles. The van der Waals surface area contributed by atoms with Gasteiger partial charge < -0.3 is 4.74 Å². The van der Waals surface area contributed by atoms with Gasteiger partial charge in [-0.05, 0) is 49.2 Å². The van der Waals surface area contributed by atoms with E-state index in [1.54, 1.807) is 47.0 Å². The second kappa shape index (κ2) is 6.98. The first-order valence-corrected chi connectivity index (χ1v) is 10.9. The van der Waals surface area contributed by atoms with Gasteiger partial charge in [-0.2, -0.15) is 4.31 Å². The fraction of sp³-hybridized carbons (Fsp3) is 0.316. The number of para-hydroxylation sites is 1. The largest absolute Gasteiger partial charge is 0.497 e. The summed E-state index contributed by atoms with van der Waals surface area (Å²) in [6.07, 6.45) is 2.68. The highest BCUT2D eigenvalue weighted by Gasteiger charge is 2.36. The first-order chi connectivity index (χ1) is 12.6. The van der Waals surface area contributed by atoms with E-state index in [1.807, 2.05) is 24.3 Å². The number of methoxy groups -OCH3 is 1. The van der Waals surface area contributed by atoms with E-state index in [9.17, 15) is 8.42 Å². The number of fused-ring (bicyclic) bond motifs is 1. The maximum atomic E-state index is 13.2. The number of aromatic nitrogens is 1. The molecule has 0 unspecified atom stereocenters. The lowest BCUT2D eigenvalue weighted by atomic mass is 10.1. The smallest absolute Gasteiger partial charge is 0.243 e. The van der Waals surface area contributed by atoms with Crippen LogP contribution in [0.4, 0.5) is 0 Å². The number of nitrogens with zero attached hydrogens (tertiary/aromatic N) is 2. The van der Waals surface area contributed by atoms with Gasteiger partial charge in [0, 0.05) is 6.54 Å². The van der Waals surface area contributed by atoms with Crippen molar-refractivity contribution in [3.8, 4) is 5.75 Å². The summed E-state index contributed by atoms with van der Waals surface area (Å²) < 4.78 is 34.3. The van der Waals surface area contributed by atoms with Gasteiger partial charge >= 0.3 is 0 Å². The Labute approximate surface area is 157 Å². The van der Waals surface area contributed by atoms with Gasteiger partial charge in [-0.15, -0.1) is 11.3 Å². The zero-order chi connectivity index (χ0) is 18.1. The van der Waals surface area contributed by atoms with Crippen LogP contribution in [0.3, 0.4) is 0 Å². The number of ether oxygens (including phenoxy) is 1. The summed E-state index contributed by atoms with van der Waals surface area (Å²) in [5.41, 5.74) is 0.930. The molecule has 0 saturated carbocycles. The van der Waals surface area contributed by atoms with Crippen molar-refractivity contribution in [1.82, 2.24) is 9.29 Å². The topological polar surface area (TPSA) is 59.5 Å². The van der Waals surface area contributed by atoms with Crippen LogP contribution in [0.15, 0.2) is 53.4 Å². The lowest BCUT2D eigenvalue weighted by molar-refractivity contribution is 0.255. The van der Waals surface area contributed by atoms with Crippen LogP contribution in [-0.2, 0) is 10.0 Å². The second-order valence-electron chi connectivity index (χ2n) is 6.32. The lowest BCUT2D eigenvalue weighted by Gasteiger charge is -2.33. The Morgan fingerprint density at radius 1 is 1.12 bits per heavy atom. The molecule has 1 aliphatic heterocycles. The molecule has 1 aliphatic rings. The SMILES string of the molecule is COc1ccc(S(=O)(=O)N2CCCC[C@H]2c2nc3ccccc3s2)cc1. The van der Waals surface area contributed by atoms with Crippen molar-refractivity contribution < 1.29 is 13.2 Å². The zero-order valence-electron chi connectivity index (χ0n) is 14.5. The maximum absolute atomic E-state index is 13.2. The summed E-state index contributed by atoms with van der Waals surface area (Å²) in [7, 11) is -2.01. The molecule has 5 nitrogen and oxygen atoms in total. The predicted molar refractivity (Wildman–Crippen MR) is 103 cm³/mol. The predicted octanol–water partition coefficient (Wildman–Crippen LogP) is 4.22. The Bertz CT molecular complexity index is 980. The van der Waals surface area contributed by atoms with Crippen LogP contribution in [0.25, 0.3) is 10.2 Å². The van der Waals surface area contributed by atoms with Crippen molar-refractivity contribution >= 4 is 31.6 Å². The zero-order valence-corrected chi connectivity index (χ0v) is 16.1. The van der Waals surface area contributed by atoms with Crippen LogP contribution in [0.1, 0.15) is 30.3 Å².